The number of nitrogens with zero attached hydrogens (tertiary/aromatic N) is 3. The standard InChI is InChI=1S/C14H19FIN3O/c1-9(2)18-4-5-19-10(8-18)3-6-20-13-12(15)11(16)7-17-14(13)19/h7,9-10H,3-6,8H2,1-2H3. The number of hydrogen-bond acceptors (Lipinski definition) is 4. The third kappa shape index (κ3) is 2.47. The highest BCUT2D eigenvalue weighted by Gasteiger charge is 2.34. The Kier molecular flexibility index (Phi) is 4.03. The molecule has 1 aromatic heterocycles. The first-order valence-electron chi connectivity index (χ1n) is 7.05. The third-order valence-electron chi connectivity index (χ3n) is 4.13. The van der Waals surface area contributed by atoms with E-state index < -0.39 is 0 Å². The molecule has 0 spiro atoms. The Balaban J connectivity index is 1.93. The summed E-state index contributed by atoms with van der Waals surface area (Å²) < 4.78 is 20.4. The molecule has 0 amide bonds. The van der Waals surface area contributed by atoms with E-state index in [1.54, 1.807) is 6.20 Å². The van der Waals surface area contributed by atoms with Gasteiger partial charge >= 0.3 is 0 Å². The van der Waals surface area contributed by atoms with Gasteiger partial charge in [0.1, 0.15) is 0 Å². The first kappa shape index (κ1) is 14.3. The zero-order valence-corrected chi connectivity index (χ0v) is 13.9. The van der Waals surface area contributed by atoms with Crippen molar-refractivity contribution >= 4 is 28.4 Å². The lowest BCUT2D eigenvalue weighted by Crippen LogP contribution is -2.55. The van der Waals surface area contributed by atoms with Gasteiger partial charge in [0, 0.05) is 44.3 Å². The van der Waals surface area contributed by atoms with Gasteiger partial charge < -0.3 is 9.64 Å². The number of fused-ring (bicyclic) bond motifs is 3. The highest BCUT2D eigenvalue weighted by atomic mass is 127. The number of anilines is 1. The van der Waals surface area contributed by atoms with Gasteiger partial charge in [-0.15, -0.1) is 0 Å². The van der Waals surface area contributed by atoms with E-state index in [9.17, 15) is 4.39 Å². The summed E-state index contributed by atoms with van der Waals surface area (Å²) in [5.74, 6) is 0.730. The molecule has 1 fully saturated rings. The smallest absolute Gasteiger partial charge is 0.198 e. The highest BCUT2D eigenvalue weighted by Crippen LogP contribution is 2.36. The van der Waals surface area contributed by atoms with Crippen LogP contribution in [0, 0.1) is 9.39 Å². The summed E-state index contributed by atoms with van der Waals surface area (Å²) in [6.07, 6.45) is 2.50. The van der Waals surface area contributed by atoms with E-state index in [-0.39, 0.29) is 5.82 Å². The predicted molar refractivity (Wildman–Crippen MR) is 84.9 cm³/mol. The lowest BCUT2D eigenvalue weighted by molar-refractivity contribution is 0.172. The molecule has 2 aliphatic rings. The second kappa shape index (κ2) is 5.63. The second-order valence-electron chi connectivity index (χ2n) is 5.65. The number of piperazine rings is 1. The van der Waals surface area contributed by atoms with Crippen LogP contribution in [0.4, 0.5) is 10.2 Å². The van der Waals surface area contributed by atoms with Crippen LogP contribution < -0.4 is 9.64 Å². The summed E-state index contributed by atoms with van der Waals surface area (Å²) >= 11 is 1.96. The van der Waals surface area contributed by atoms with Crippen molar-refractivity contribution in [1.29, 1.82) is 0 Å². The largest absolute Gasteiger partial charge is 0.487 e. The van der Waals surface area contributed by atoms with Crippen LogP contribution >= 0.6 is 22.6 Å². The summed E-state index contributed by atoms with van der Waals surface area (Å²) in [5.41, 5.74) is 0. The highest BCUT2D eigenvalue weighted by molar-refractivity contribution is 14.1. The van der Waals surface area contributed by atoms with Crippen molar-refractivity contribution in [1.82, 2.24) is 9.88 Å². The van der Waals surface area contributed by atoms with Crippen LogP contribution in [0.1, 0.15) is 20.3 Å². The average Bonchev–Trinajstić information content (AvgIpc) is 2.61. The Morgan fingerprint density at radius 3 is 3.00 bits per heavy atom. The maximum atomic E-state index is 14.2. The fourth-order valence-electron chi connectivity index (χ4n) is 2.94. The minimum Gasteiger partial charge on any atom is -0.487 e. The number of hydrogen-bond donors (Lipinski definition) is 0. The van der Waals surface area contributed by atoms with Crippen LogP contribution in [0.5, 0.6) is 5.75 Å². The molecule has 0 aliphatic carbocycles. The molecule has 0 aromatic carbocycles. The van der Waals surface area contributed by atoms with Gasteiger partial charge in [-0.25, -0.2) is 9.37 Å². The van der Waals surface area contributed by atoms with E-state index in [1.165, 1.54) is 0 Å². The SMILES string of the molecule is CC(C)N1CCN2c3ncc(I)c(F)c3OCCC2C1. The molecular formula is C14H19FIN3O. The van der Waals surface area contributed by atoms with Crippen molar-refractivity contribution in [2.75, 3.05) is 31.1 Å². The molecule has 1 aromatic rings. The van der Waals surface area contributed by atoms with Crippen LogP contribution in [-0.4, -0.2) is 48.2 Å². The Hall–Kier alpha value is -0.630. The van der Waals surface area contributed by atoms with Crippen molar-refractivity contribution in [2.45, 2.75) is 32.4 Å². The normalized spacial score (nSPS) is 23.1. The Morgan fingerprint density at radius 2 is 2.25 bits per heavy atom. The van der Waals surface area contributed by atoms with E-state index in [0.717, 1.165) is 26.1 Å². The zero-order valence-electron chi connectivity index (χ0n) is 11.8. The van der Waals surface area contributed by atoms with E-state index >= 15 is 0 Å². The molecule has 3 heterocycles. The van der Waals surface area contributed by atoms with E-state index in [4.69, 9.17) is 4.74 Å². The van der Waals surface area contributed by atoms with Gasteiger partial charge in [0.15, 0.2) is 17.4 Å². The molecule has 4 nitrogen and oxygen atoms in total. The molecule has 2 aliphatic heterocycles. The number of pyridine rings is 1. The zero-order chi connectivity index (χ0) is 14.3. The topological polar surface area (TPSA) is 28.6 Å². The average molecular weight is 391 g/mol. The lowest BCUT2D eigenvalue weighted by Gasteiger charge is -2.42. The van der Waals surface area contributed by atoms with Gasteiger partial charge in [0.25, 0.3) is 0 Å². The molecule has 110 valence electrons. The molecule has 0 bridgehead atoms. The molecule has 20 heavy (non-hydrogen) atoms. The Labute approximate surface area is 132 Å². The van der Waals surface area contributed by atoms with Gasteiger partial charge in [-0.1, -0.05) is 0 Å². The van der Waals surface area contributed by atoms with Crippen molar-refractivity contribution in [3.63, 3.8) is 0 Å². The summed E-state index contributed by atoms with van der Waals surface area (Å²) in [6, 6.07) is 0.904. The second-order valence-corrected chi connectivity index (χ2v) is 6.81. The molecular weight excluding hydrogens is 372 g/mol. The fraction of sp³-hybridized carbons (Fsp3) is 0.643. The number of rotatable bonds is 1. The third-order valence-corrected chi connectivity index (χ3v) is 4.88. The Morgan fingerprint density at radius 1 is 1.45 bits per heavy atom. The Bertz CT molecular complexity index is 511. The van der Waals surface area contributed by atoms with Gasteiger partial charge in [-0.05, 0) is 36.4 Å². The van der Waals surface area contributed by atoms with Gasteiger partial charge in [-0.3, -0.25) is 4.90 Å². The number of aromatic nitrogens is 1. The summed E-state index contributed by atoms with van der Waals surface area (Å²) in [6.45, 7) is 7.86. The monoisotopic (exact) mass is 391 g/mol. The maximum absolute atomic E-state index is 14.2. The molecule has 1 atom stereocenters. The summed E-state index contributed by atoms with van der Waals surface area (Å²) in [7, 11) is 0. The molecule has 6 heteroatoms. The van der Waals surface area contributed by atoms with E-state index in [1.807, 2.05) is 22.6 Å². The molecule has 0 saturated carbocycles. The summed E-state index contributed by atoms with van der Waals surface area (Å²) in [4.78, 5) is 9.12. The number of ether oxygens (including phenoxy) is 1. The molecule has 0 radical (unpaired) electrons. The van der Waals surface area contributed by atoms with Crippen molar-refractivity contribution < 1.29 is 9.13 Å². The minimum atomic E-state index is -0.275. The van der Waals surface area contributed by atoms with Crippen LogP contribution in [0.3, 0.4) is 0 Å². The van der Waals surface area contributed by atoms with Crippen LogP contribution in [0.25, 0.3) is 0 Å². The van der Waals surface area contributed by atoms with Crippen molar-refractivity contribution in [3.8, 4) is 5.75 Å². The van der Waals surface area contributed by atoms with Crippen molar-refractivity contribution in [2.24, 2.45) is 0 Å². The first-order chi connectivity index (χ1) is 9.58. The number of halogens is 2. The van der Waals surface area contributed by atoms with E-state index in [2.05, 4.69) is 28.6 Å². The van der Waals surface area contributed by atoms with Crippen LogP contribution in [-0.2, 0) is 0 Å². The maximum Gasteiger partial charge on any atom is 0.198 e. The fourth-order valence-corrected chi connectivity index (χ4v) is 3.33. The molecule has 0 N–H and O–H groups in total. The lowest BCUT2D eigenvalue weighted by atomic mass is 10.1. The minimum absolute atomic E-state index is 0.275. The van der Waals surface area contributed by atoms with Crippen LogP contribution in [0.15, 0.2) is 6.20 Å². The molecule has 1 saturated heterocycles. The van der Waals surface area contributed by atoms with Gasteiger partial charge in [-0.2, -0.15) is 0 Å². The van der Waals surface area contributed by atoms with Gasteiger partial charge in [0.05, 0.1) is 10.2 Å². The molecule has 3 rings (SSSR count). The van der Waals surface area contributed by atoms with Gasteiger partial charge in [0.2, 0.25) is 0 Å². The van der Waals surface area contributed by atoms with E-state index in [0.29, 0.717) is 33.8 Å². The quantitative estimate of drug-likeness (QED) is 0.688. The van der Waals surface area contributed by atoms with Crippen molar-refractivity contribution in [3.05, 3.63) is 15.6 Å². The van der Waals surface area contributed by atoms with Crippen LogP contribution in [0.2, 0.25) is 0 Å². The molecule has 1 unspecified atom stereocenters. The summed E-state index contributed by atoms with van der Waals surface area (Å²) in [5, 5.41) is 0. The predicted octanol–water partition coefficient (Wildman–Crippen LogP) is 2.51. The first-order valence-corrected chi connectivity index (χ1v) is 8.13.